The van der Waals surface area contributed by atoms with Gasteiger partial charge >= 0.3 is 0 Å². The summed E-state index contributed by atoms with van der Waals surface area (Å²) >= 11 is 0. The maximum absolute atomic E-state index is 12.2. The van der Waals surface area contributed by atoms with Crippen LogP contribution in [0.15, 0.2) is 42.6 Å². The highest BCUT2D eigenvalue weighted by Crippen LogP contribution is 2.15. The van der Waals surface area contributed by atoms with E-state index in [2.05, 4.69) is 0 Å². The molecule has 106 valence electrons. The lowest BCUT2D eigenvalue weighted by atomic mass is 9.87. The van der Waals surface area contributed by atoms with Crippen molar-refractivity contribution in [1.82, 2.24) is 0 Å². The largest absolute Gasteiger partial charge is 0.405 e. The second-order valence-corrected chi connectivity index (χ2v) is 4.85. The van der Waals surface area contributed by atoms with Crippen LogP contribution >= 0.6 is 12.4 Å². The fraction of sp³-hybridized carbons (Fsp3) is 0.400. The van der Waals surface area contributed by atoms with E-state index in [9.17, 15) is 4.79 Å². The summed E-state index contributed by atoms with van der Waals surface area (Å²) in [5, 5.41) is 0. The molecule has 0 radical (unpaired) electrons. The molecule has 0 saturated heterocycles. The molecular formula is C15H23ClN2O. The Bertz CT molecular complexity index is 404. The van der Waals surface area contributed by atoms with Crippen LogP contribution in [0.25, 0.3) is 0 Å². The van der Waals surface area contributed by atoms with Crippen molar-refractivity contribution in [2.45, 2.75) is 26.3 Å². The minimum absolute atomic E-state index is 0. The number of carbonyl (C=O) groups excluding carboxylic acids is 1. The van der Waals surface area contributed by atoms with Crippen molar-refractivity contribution in [3.05, 3.63) is 48.2 Å². The van der Waals surface area contributed by atoms with Gasteiger partial charge in [-0.2, -0.15) is 0 Å². The Morgan fingerprint density at radius 1 is 1.26 bits per heavy atom. The average molecular weight is 283 g/mol. The van der Waals surface area contributed by atoms with Gasteiger partial charge in [0.25, 0.3) is 0 Å². The van der Waals surface area contributed by atoms with Crippen LogP contribution in [0, 0.1) is 11.8 Å². The number of benzene rings is 1. The first kappa shape index (κ1) is 17.7. The fourth-order valence-electron chi connectivity index (χ4n) is 1.84. The number of allylic oxidation sites excluding steroid dienone is 1. The molecule has 4 heteroatoms. The van der Waals surface area contributed by atoms with Gasteiger partial charge in [0.05, 0.1) is 6.04 Å². The van der Waals surface area contributed by atoms with Crippen LogP contribution in [0.2, 0.25) is 0 Å². The van der Waals surface area contributed by atoms with E-state index in [0.29, 0.717) is 6.42 Å². The van der Waals surface area contributed by atoms with Crippen LogP contribution in [-0.4, -0.2) is 11.8 Å². The predicted molar refractivity (Wildman–Crippen MR) is 82.0 cm³/mol. The standard InChI is InChI=1S/C15H22N2O.ClH/c1-11(2)14(17)15(18)13(8-9-16)10-12-6-4-3-5-7-12;/h3-9,11,13-14H,10,16-17H2,1-2H3;1H/t13-,14+;/m1./s1. The molecule has 0 aliphatic rings. The van der Waals surface area contributed by atoms with Crippen LogP contribution in [0.3, 0.4) is 0 Å². The summed E-state index contributed by atoms with van der Waals surface area (Å²) in [7, 11) is 0. The van der Waals surface area contributed by atoms with Gasteiger partial charge in [0, 0.05) is 5.92 Å². The predicted octanol–water partition coefficient (Wildman–Crippen LogP) is 2.29. The average Bonchev–Trinajstić information content (AvgIpc) is 2.37. The van der Waals surface area contributed by atoms with Gasteiger partial charge in [0.2, 0.25) is 0 Å². The molecule has 0 aliphatic carbocycles. The van der Waals surface area contributed by atoms with Crippen molar-refractivity contribution in [2.75, 3.05) is 0 Å². The van der Waals surface area contributed by atoms with E-state index in [1.165, 1.54) is 6.20 Å². The molecule has 19 heavy (non-hydrogen) atoms. The van der Waals surface area contributed by atoms with E-state index in [1.807, 2.05) is 44.2 Å². The number of hydrogen-bond donors (Lipinski definition) is 2. The summed E-state index contributed by atoms with van der Waals surface area (Å²) in [4.78, 5) is 12.2. The van der Waals surface area contributed by atoms with Crippen LogP contribution in [0.4, 0.5) is 0 Å². The van der Waals surface area contributed by atoms with Gasteiger partial charge in [-0.3, -0.25) is 4.79 Å². The quantitative estimate of drug-likeness (QED) is 0.841. The molecule has 0 saturated carbocycles. The molecule has 0 spiro atoms. The molecule has 2 atom stereocenters. The minimum atomic E-state index is -0.435. The number of Topliss-reactive ketones (excluding diaryl/α,β-unsaturated/α-hetero) is 1. The first-order chi connectivity index (χ1) is 8.56. The van der Waals surface area contributed by atoms with Crippen molar-refractivity contribution in [3.63, 3.8) is 0 Å². The summed E-state index contributed by atoms with van der Waals surface area (Å²) < 4.78 is 0. The van der Waals surface area contributed by atoms with Gasteiger partial charge in [-0.25, -0.2) is 0 Å². The fourth-order valence-corrected chi connectivity index (χ4v) is 1.84. The Morgan fingerprint density at radius 2 is 1.84 bits per heavy atom. The number of halogens is 1. The van der Waals surface area contributed by atoms with Gasteiger partial charge in [-0.1, -0.05) is 50.3 Å². The molecular weight excluding hydrogens is 260 g/mol. The molecule has 0 amide bonds. The van der Waals surface area contributed by atoms with Gasteiger partial charge in [-0.15, -0.1) is 12.4 Å². The lowest BCUT2D eigenvalue weighted by molar-refractivity contribution is -0.123. The Hall–Kier alpha value is -1.32. The Kier molecular flexibility index (Phi) is 8.12. The van der Waals surface area contributed by atoms with Gasteiger partial charge in [0.1, 0.15) is 0 Å². The topological polar surface area (TPSA) is 69.1 Å². The molecule has 4 N–H and O–H groups in total. The van der Waals surface area contributed by atoms with E-state index in [1.54, 1.807) is 6.08 Å². The monoisotopic (exact) mass is 282 g/mol. The van der Waals surface area contributed by atoms with E-state index in [-0.39, 0.29) is 30.0 Å². The molecule has 0 aliphatic heterocycles. The molecule has 0 heterocycles. The van der Waals surface area contributed by atoms with Crippen molar-refractivity contribution in [3.8, 4) is 0 Å². The number of nitrogens with two attached hydrogens (primary N) is 2. The van der Waals surface area contributed by atoms with Crippen molar-refractivity contribution in [1.29, 1.82) is 0 Å². The third-order valence-corrected chi connectivity index (χ3v) is 3.05. The zero-order valence-electron chi connectivity index (χ0n) is 11.5. The highest BCUT2D eigenvalue weighted by Gasteiger charge is 2.24. The molecule has 0 bridgehead atoms. The first-order valence-corrected chi connectivity index (χ1v) is 6.28. The highest BCUT2D eigenvalue weighted by atomic mass is 35.5. The minimum Gasteiger partial charge on any atom is -0.405 e. The third-order valence-electron chi connectivity index (χ3n) is 3.05. The molecule has 0 unspecified atom stereocenters. The number of hydrogen-bond acceptors (Lipinski definition) is 3. The second kappa shape index (κ2) is 8.73. The first-order valence-electron chi connectivity index (χ1n) is 6.28. The van der Waals surface area contributed by atoms with E-state index < -0.39 is 6.04 Å². The number of rotatable bonds is 6. The molecule has 1 rings (SSSR count). The summed E-state index contributed by atoms with van der Waals surface area (Å²) in [6.45, 7) is 3.91. The zero-order valence-corrected chi connectivity index (χ0v) is 12.3. The molecule has 1 aromatic rings. The van der Waals surface area contributed by atoms with Gasteiger partial charge in [-0.05, 0) is 24.1 Å². The normalized spacial score (nSPS) is 14.1. The van der Waals surface area contributed by atoms with Crippen LogP contribution < -0.4 is 11.5 Å². The highest BCUT2D eigenvalue weighted by molar-refractivity contribution is 5.88. The summed E-state index contributed by atoms with van der Waals surface area (Å²) in [5.41, 5.74) is 12.5. The molecule has 1 aromatic carbocycles. The smallest absolute Gasteiger partial charge is 0.156 e. The number of ketones is 1. The van der Waals surface area contributed by atoms with Gasteiger partial charge < -0.3 is 11.5 Å². The van der Waals surface area contributed by atoms with Crippen molar-refractivity contribution < 1.29 is 4.79 Å². The second-order valence-electron chi connectivity index (χ2n) is 4.85. The van der Waals surface area contributed by atoms with E-state index in [0.717, 1.165) is 5.56 Å². The lowest BCUT2D eigenvalue weighted by Gasteiger charge is -2.19. The number of carbonyl (C=O) groups is 1. The Morgan fingerprint density at radius 3 is 2.32 bits per heavy atom. The zero-order chi connectivity index (χ0) is 13.5. The van der Waals surface area contributed by atoms with E-state index in [4.69, 9.17) is 11.5 Å². The Labute approximate surface area is 121 Å². The third kappa shape index (κ3) is 5.45. The van der Waals surface area contributed by atoms with E-state index >= 15 is 0 Å². The lowest BCUT2D eigenvalue weighted by Crippen LogP contribution is -2.39. The summed E-state index contributed by atoms with van der Waals surface area (Å²) in [6, 6.07) is 9.46. The van der Waals surface area contributed by atoms with Gasteiger partial charge in [0.15, 0.2) is 5.78 Å². The van der Waals surface area contributed by atoms with Crippen molar-refractivity contribution >= 4 is 18.2 Å². The summed E-state index contributed by atoms with van der Waals surface area (Å²) in [5.74, 6) is -0.0488. The van der Waals surface area contributed by atoms with Crippen LogP contribution in [-0.2, 0) is 11.2 Å². The summed E-state index contributed by atoms with van der Waals surface area (Å²) in [6.07, 6.45) is 3.81. The van der Waals surface area contributed by atoms with Crippen LogP contribution in [0.1, 0.15) is 19.4 Å². The van der Waals surface area contributed by atoms with Crippen LogP contribution in [0.5, 0.6) is 0 Å². The SMILES string of the molecule is CC(C)[C@H](N)C(=O)[C@H](C=CN)Cc1ccccc1.Cl. The van der Waals surface area contributed by atoms with Crippen molar-refractivity contribution in [2.24, 2.45) is 23.3 Å². The molecule has 0 aromatic heterocycles. The maximum atomic E-state index is 12.2. The maximum Gasteiger partial charge on any atom is 0.156 e. The Balaban J connectivity index is 0.00000324. The molecule has 3 nitrogen and oxygen atoms in total. The molecule has 0 fully saturated rings.